The van der Waals surface area contributed by atoms with Crippen molar-refractivity contribution in [1.29, 1.82) is 0 Å². The van der Waals surface area contributed by atoms with E-state index in [1.165, 1.54) is 0 Å². The van der Waals surface area contributed by atoms with Gasteiger partial charge in [-0.05, 0) is 29.8 Å². The molecule has 4 rings (SSSR count). The average Bonchev–Trinajstić information content (AvgIpc) is 2.99. The molecular formula is C18H14N4. The number of nitrogen functional groups attached to an aromatic ring is 1. The van der Waals surface area contributed by atoms with Gasteiger partial charge in [0.25, 0.3) is 0 Å². The van der Waals surface area contributed by atoms with Gasteiger partial charge in [-0.15, -0.1) is 0 Å². The summed E-state index contributed by atoms with van der Waals surface area (Å²) >= 11 is 0. The minimum Gasteiger partial charge on any atom is -0.399 e. The Kier molecular flexibility index (Phi) is 2.86. The number of benzene rings is 1. The number of hydrogen-bond acceptors (Lipinski definition) is 3. The van der Waals surface area contributed by atoms with Crippen molar-refractivity contribution < 1.29 is 0 Å². The summed E-state index contributed by atoms with van der Waals surface area (Å²) in [6, 6.07) is 14.0. The van der Waals surface area contributed by atoms with Crippen LogP contribution in [-0.4, -0.2) is 15.0 Å². The Morgan fingerprint density at radius 3 is 2.55 bits per heavy atom. The first-order valence-electron chi connectivity index (χ1n) is 7.05. The zero-order valence-electron chi connectivity index (χ0n) is 11.8. The van der Waals surface area contributed by atoms with Crippen molar-refractivity contribution in [1.82, 2.24) is 15.0 Å². The maximum Gasteiger partial charge on any atom is 0.137 e. The number of aromatic nitrogens is 3. The van der Waals surface area contributed by atoms with Crippen LogP contribution in [0.1, 0.15) is 0 Å². The highest BCUT2D eigenvalue weighted by Gasteiger charge is 2.09. The molecule has 0 spiro atoms. The predicted molar refractivity (Wildman–Crippen MR) is 89.2 cm³/mol. The fraction of sp³-hybridized carbons (Fsp3) is 0. The molecule has 0 bridgehead atoms. The average molecular weight is 286 g/mol. The Morgan fingerprint density at radius 2 is 1.77 bits per heavy atom. The lowest BCUT2D eigenvalue weighted by atomic mass is 10.0. The second-order valence-corrected chi connectivity index (χ2v) is 5.19. The van der Waals surface area contributed by atoms with E-state index in [2.05, 4.69) is 21.0 Å². The van der Waals surface area contributed by atoms with E-state index in [0.29, 0.717) is 0 Å². The van der Waals surface area contributed by atoms with Crippen molar-refractivity contribution in [3.05, 3.63) is 67.3 Å². The van der Waals surface area contributed by atoms with Crippen molar-refractivity contribution in [2.24, 2.45) is 0 Å². The van der Waals surface area contributed by atoms with Crippen molar-refractivity contribution in [2.45, 2.75) is 0 Å². The third-order valence-electron chi connectivity index (χ3n) is 3.75. The Bertz CT molecular complexity index is 924. The normalized spacial score (nSPS) is 10.9. The number of nitrogens with two attached hydrogens (primary N) is 1. The topological polar surface area (TPSA) is 67.6 Å². The van der Waals surface area contributed by atoms with Crippen LogP contribution in [0.3, 0.4) is 0 Å². The molecule has 22 heavy (non-hydrogen) atoms. The molecule has 106 valence electrons. The van der Waals surface area contributed by atoms with Gasteiger partial charge in [0.15, 0.2) is 0 Å². The molecule has 0 aliphatic heterocycles. The predicted octanol–water partition coefficient (Wildman–Crippen LogP) is 3.87. The van der Waals surface area contributed by atoms with Gasteiger partial charge in [-0.1, -0.05) is 18.2 Å². The van der Waals surface area contributed by atoms with Crippen LogP contribution in [0, 0.1) is 0 Å². The zero-order valence-corrected chi connectivity index (χ0v) is 11.8. The number of fused-ring (bicyclic) bond motifs is 1. The summed E-state index contributed by atoms with van der Waals surface area (Å²) in [6.45, 7) is 0. The third kappa shape index (κ3) is 2.11. The van der Waals surface area contributed by atoms with E-state index in [1.807, 2.05) is 55.0 Å². The molecule has 4 aromatic rings. The minimum atomic E-state index is 0.762. The first kappa shape index (κ1) is 12.6. The van der Waals surface area contributed by atoms with Crippen molar-refractivity contribution in [3.8, 4) is 22.3 Å². The van der Waals surface area contributed by atoms with Gasteiger partial charge in [-0.3, -0.25) is 4.98 Å². The number of H-pyrrole nitrogens is 1. The number of nitrogens with zero attached hydrogens (tertiary/aromatic N) is 2. The minimum absolute atomic E-state index is 0.762. The third-order valence-corrected chi connectivity index (χ3v) is 3.75. The summed E-state index contributed by atoms with van der Waals surface area (Å²) in [5, 5.41) is 1.09. The summed E-state index contributed by atoms with van der Waals surface area (Å²) in [6.07, 6.45) is 7.46. The van der Waals surface area contributed by atoms with Gasteiger partial charge in [-0.25, -0.2) is 4.98 Å². The van der Waals surface area contributed by atoms with Crippen LogP contribution >= 0.6 is 0 Å². The number of rotatable bonds is 2. The number of anilines is 1. The first-order chi connectivity index (χ1) is 10.8. The van der Waals surface area contributed by atoms with E-state index in [0.717, 1.165) is 39.0 Å². The molecule has 0 aliphatic carbocycles. The van der Waals surface area contributed by atoms with E-state index in [1.54, 1.807) is 6.20 Å². The molecule has 0 saturated carbocycles. The molecule has 0 fully saturated rings. The van der Waals surface area contributed by atoms with E-state index in [4.69, 9.17) is 5.73 Å². The second-order valence-electron chi connectivity index (χ2n) is 5.19. The van der Waals surface area contributed by atoms with Crippen LogP contribution in [0.4, 0.5) is 5.69 Å². The van der Waals surface area contributed by atoms with E-state index < -0.39 is 0 Å². The Hall–Kier alpha value is -3.14. The van der Waals surface area contributed by atoms with Crippen LogP contribution in [0.25, 0.3) is 33.3 Å². The molecule has 0 amide bonds. The van der Waals surface area contributed by atoms with Gasteiger partial charge in [0, 0.05) is 52.6 Å². The smallest absolute Gasteiger partial charge is 0.137 e. The highest BCUT2D eigenvalue weighted by Crippen LogP contribution is 2.31. The lowest BCUT2D eigenvalue weighted by Crippen LogP contribution is -1.85. The Balaban J connectivity index is 1.88. The molecule has 1 aromatic carbocycles. The van der Waals surface area contributed by atoms with Gasteiger partial charge < -0.3 is 10.7 Å². The summed E-state index contributed by atoms with van der Waals surface area (Å²) in [4.78, 5) is 11.9. The summed E-state index contributed by atoms with van der Waals surface area (Å²) in [5.74, 6) is 0. The van der Waals surface area contributed by atoms with E-state index in [-0.39, 0.29) is 0 Å². The summed E-state index contributed by atoms with van der Waals surface area (Å²) in [5.41, 5.74) is 11.7. The Morgan fingerprint density at radius 1 is 0.909 bits per heavy atom. The molecule has 0 atom stereocenters. The molecule has 0 radical (unpaired) electrons. The van der Waals surface area contributed by atoms with Gasteiger partial charge in [-0.2, -0.15) is 0 Å². The standard InChI is InChI=1S/C18H14N4/c19-15-5-3-12(4-6-15)17-11-22-18-16(17)8-14(10-21-18)13-2-1-7-20-9-13/h1-11H,19H2,(H,21,22). The fourth-order valence-corrected chi connectivity index (χ4v) is 2.60. The van der Waals surface area contributed by atoms with E-state index in [9.17, 15) is 0 Å². The van der Waals surface area contributed by atoms with Crippen LogP contribution in [0.2, 0.25) is 0 Å². The molecule has 0 unspecified atom stereocenters. The molecule has 0 aliphatic rings. The Labute approximate surface area is 127 Å². The van der Waals surface area contributed by atoms with Gasteiger partial charge in [0.1, 0.15) is 5.65 Å². The lowest BCUT2D eigenvalue weighted by Gasteiger charge is -2.03. The molecule has 4 nitrogen and oxygen atoms in total. The SMILES string of the molecule is Nc1ccc(-c2c[nH]c3ncc(-c4cccnc4)cc23)cc1. The molecule has 4 heteroatoms. The molecule has 0 saturated heterocycles. The van der Waals surface area contributed by atoms with Gasteiger partial charge in [0.2, 0.25) is 0 Å². The van der Waals surface area contributed by atoms with Crippen LogP contribution in [0.5, 0.6) is 0 Å². The van der Waals surface area contributed by atoms with E-state index >= 15 is 0 Å². The van der Waals surface area contributed by atoms with Crippen molar-refractivity contribution >= 4 is 16.7 Å². The molecule has 3 aromatic heterocycles. The largest absolute Gasteiger partial charge is 0.399 e. The maximum absolute atomic E-state index is 5.77. The van der Waals surface area contributed by atoms with Crippen LogP contribution < -0.4 is 5.73 Å². The number of aromatic amines is 1. The lowest BCUT2D eigenvalue weighted by molar-refractivity contribution is 1.30. The van der Waals surface area contributed by atoms with Crippen LogP contribution in [0.15, 0.2) is 67.3 Å². The number of hydrogen-bond donors (Lipinski definition) is 2. The first-order valence-corrected chi connectivity index (χ1v) is 7.05. The maximum atomic E-state index is 5.77. The summed E-state index contributed by atoms with van der Waals surface area (Å²) in [7, 11) is 0. The molecular weight excluding hydrogens is 272 g/mol. The van der Waals surface area contributed by atoms with Gasteiger partial charge in [0.05, 0.1) is 0 Å². The molecule has 3 heterocycles. The highest BCUT2D eigenvalue weighted by molar-refractivity contribution is 5.95. The fourth-order valence-electron chi connectivity index (χ4n) is 2.60. The monoisotopic (exact) mass is 286 g/mol. The van der Waals surface area contributed by atoms with Gasteiger partial charge >= 0.3 is 0 Å². The van der Waals surface area contributed by atoms with Crippen LogP contribution in [-0.2, 0) is 0 Å². The highest BCUT2D eigenvalue weighted by atomic mass is 14.8. The number of pyridine rings is 2. The number of nitrogens with one attached hydrogen (secondary N) is 1. The van der Waals surface area contributed by atoms with Crippen molar-refractivity contribution in [2.75, 3.05) is 5.73 Å². The zero-order chi connectivity index (χ0) is 14.9. The second kappa shape index (κ2) is 5.00. The molecule has 3 N–H and O–H groups in total. The quantitative estimate of drug-likeness (QED) is 0.550. The summed E-state index contributed by atoms with van der Waals surface area (Å²) < 4.78 is 0. The van der Waals surface area contributed by atoms with Crippen molar-refractivity contribution in [3.63, 3.8) is 0 Å².